The lowest BCUT2D eigenvalue weighted by Gasteiger charge is -2.07. The Morgan fingerprint density at radius 2 is 1.83 bits per heavy atom. The highest BCUT2D eigenvalue weighted by molar-refractivity contribution is 5.37. The molecule has 2 heterocycles. The molecule has 0 fully saturated rings. The Bertz CT molecular complexity index is 766. The van der Waals surface area contributed by atoms with Gasteiger partial charge < -0.3 is 5.32 Å². The van der Waals surface area contributed by atoms with E-state index in [4.69, 9.17) is 0 Å². The number of aryl methyl sites for hydroxylation is 1. The second-order valence-corrected chi connectivity index (χ2v) is 5.07. The van der Waals surface area contributed by atoms with E-state index in [0.29, 0.717) is 18.2 Å². The molecular formula is C16H15F2N5. The number of nitrogens with one attached hydrogen (secondary N) is 1. The van der Waals surface area contributed by atoms with E-state index in [9.17, 15) is 8.78 Å². The normalized spacial score (nSPS) is 11.0. The number of alkyl halides is 2. The summed E-state index contributed by atoms with van der Waals surface area (Å²) in [4.78, 5) is 0. The lowest BCUT2D eigenvalue weighted by Crippen LogP contribution is -2.05. The molecule has 0 unspecified atom stereocenters. The molecule has 0 aliphatic heterocycles. The Kier molecular flexibility index (Phi) is 4.27. The predicted molar refractivity (Wildman–Crippen MR) is 82.6 cm³/mol. The van der Waals surface area contributed by atoms with Crippen LogP contribution in [-0.2, 0) is 6.54 Å². The maximum absolute atomic E-state index is 12.5. The summed E-state index contributed by atoms with van der Waals surface area (Å²) in [6.45, 7) is 2.39. The Hall–Kier alpha value is -2.83. The summed E-state index contributed by atoms with van der Waals surface area (Å²) in [7, 11) is 0. The van der Waals surface area contributed by atoms with Gasteiger partial charge in [-0.25, -0.2) is 13.5 Å². The van der Waals surface area contributed by atoms with Gasteiger partial charge in [0, 0.05) is 18.3 Å². The molecule has 0 radical (unpaired) electrons. The number of aromatic nitrogens is 4. The van der Waals surface area contributed by atoms with Crippen LogP contribution in [0.2, 0.25) is 0 Å². The van der Waals surface area contributed by atoms with Crippen LogP contribution in [0.1, 0.15) is 23.2 Å². The van der Waals surface area contributed by atoms with Gasteiger partial charge in [-0.05, 0) is 30.7 Å². The highest BCUT2D eigenvalue weighted by Crippen LogP contribution is 2.19. The fraction of sp³-hybridized carbons (Fsp3) is 0.188. The van der Waals surface area contributed by atoms with Crippen molar-refractivity contribution in [2.75, 3.05) is 5.32 Å². The van der Waals surface area contributed by atoms with Crippen molar-refractivity contribution in [3.05, 3.63) is 65.5 Å². The maximum atomic E-state index is 12.5. The van der Waals surface area contributed by atoms with Gasteiger partial charge in [0.05, 0.1) is 5.69 Å². The van der Waals surface area contributed by atoms with Gasteiger partial charge in [-0.1, -0.05) is 24.3 Å². The van der Waals surface area contributed by atoms with Crippen molar-refractivity contribution in [3.8, 4) is 5.82 Å². The summed E-state index contributed by atoms with van der Waals surface area (Å²) in [5, 5.41) is 15.5. The van der Waals surface area contributed by atoms with E-state index in [1.807, 2.05) is 25.3 Å². The van der Waals surface area contributed by atoms with Gasteiger partial charge in [0.25, 0.3) is 6.43 Å². The summed E-state index contributed by atoms with van der Waals surface area (Å²) in [6.07, 6.45) is -0.627. The number of rotatable bonds is 5. The van der Waals surface area contributed by atoms with Crippen molar-refractivity contribution in [2.24, 2.45) is 0 Å². The van der Waals surface area contributed by atoms with Crippen LogP contribution in [0.5, 0.6) is 0 Å². The molecule has 0 atom stereocenters. The lowest BCUT2D eigenvalue weighted by atomic mass is 10.1. The smallest absolute Gasteiger partial charge is 0.263 e. The summed E-state index contributed by atoms with van der Waals surface area (Å²) >= 11 is 0. The first-order valence-electron chi connectivity index (χ1n) is 7.09. The van der Waals surface area contributed by atoms with E-state index in [-0.39, 0.29) is 5.56 Å². The van der Waals surface area contributed by atoms with Crippen molar-refractivity contribution in [3.63, 3.8) is 0 Å². The molecule has 0 spiro atoms. The fourth-order valence-corrected chi connectivity index (χ4v) is 2.06. The number of anilines is 1. The third-order valence-electron chi connectivity index (χ3n) is 3.31. The Morgan fingerprint density at radius 3 is 2.39 bits per heavy atom. The lowest BCUT2D eigenvalue weighted by molar-refractivity contribution is 0.151. The number of benzene rings is 1. The molecule has 0 amide bonds. The van der Waals surface area contributed by atoms with Crippen LogP contribution in [0, 0.1) is 6.92 Å². The number of halogens is 2. The third kappa shape index (κ3) is 3.68. The monoisotopic (exact) mass is 315 g/mol. The molecule has 3 rings (SSSR count). The third-order valence-corrected chi connectivity index (χ3v) is 3.31. The minimum atomic E-state index is -2.44. The molecule has 3 aromatic rings. The van der Waals surface area contributed by atoms with Crippen molar-refractivity contribution in [1.82, 2.24) is 20.0 Å². The number of nitrogens with zero attached hydrogens (tertiary/aromatic N) is 4. The maximum Gasteiger partial charge on any atom is 0.263 e. The van der Waals surface area contributed by atoms with Gasteiger partial charge in [0.2, 0.25) is 0 Å². The van der Waals surface area contributed by atoms with Crippen LogP contribution in [0.15, 0.2) is 48.7 Å². The molecular weight excluding hydrogens is 300 g/mol. The van der Waals surface area contributed by atoms with Gasteiger partial charge in [-0.3, -0.25) is 0 Å². The molecule has 0 aliphatic rings. The molecule has 23 heavy (non-hydrogen) atoms. The second-order valence-electron chi connectivity index (χ2n) is 5.07. The van der Waals surface area contributed by atoms with Crippen LogP contribution in [0.3, 0.4) is 0 Å². The molecule has 0 bridgehead atoms. The molecule has 2 aromatic heterocycles. The number of hydrogen-bond acceptors (Lipinski definition) is 4. The zero-order valence-electron chi connectivity index (χ0n) is 12.4. The minimum Gasteiger partial charge on any atom is -0.365 e. The zero-order chi connectivity index (χ0) is 16.2. The van der Waals surface area contributed by atoms with Gasteiger partial charge in [0.15, 0.2) is 5.82 Å². The summed E-state index contributed by atoms with van der Waals surface area (Å²) in [5.74, 6) is 1.24. The average Bonchev–Trinajstić information content (AvgIpc) is 3.00. The van der Waals surface area contributed by atoms with E-state index >= 15 is 0 Å². The molecule has 0 saturated carbocycles. The van der Waals surface area contributed by atoms with Crippen LogP contribution < -0.4 is 5.32 Å². The molecule has 1 N–H and O–H groups in total. The SMILES string of the molecule is Cc1ccn(-c2ccc(NCc3ccc(C(F)F)cc3)nn2)n1. The number of hydrogen-bond donors (Lipinski definition) is 1. The van der Waals surface area contributed by atoms with Gasteiger partial charge in [-0.15, -0.1) is 10.2 Å². The summed E-state index contributed by atoms with van der Waals surface area (Å²) in [5.41, 5.74) is 1.82. The van der Waals surface area contributed by atoms with Crippen molar-refractivity contribution in [1.29, 1.82) is 0 Å². The molecule has 118 valence electrons. The van der Waals surface area contributed by atoms with E-state index < -0.39 is 6.43 Å². The topological polar surface area (TPSA) is 55.6 Å². The minimum absolute atomic E-state index is 0.0208. The summed E-state index contributed by atoms with van der Waals surface area (Å²) in [6, 6.07) is 11.7. The van der Waals surface area contributed by atoms with Crippen molar-refractivity contribution < 1.29 is 8.78 Å². The first-order chi connectivity index (χ1) is 11.1. The Labute approximate surface area is 132 Å². The Morgan fingerprint density at radius 1 is 1.04 bits per heavy atom. The van der Waals surface area contributed by atoms with E-state index in [1.54, 1.807) is 22.9 Å². The van der Waals surface area contributed by atoms with Crippen LogP contribution >= 0.6 is 0 Å². The highest BCUT2D eigenvalue weighted by Gasteiger charge is 2.06. The predicted octanol–water partition coefficient (Wildman–Crippen LogP) is 3.52. The first-order valence-corrected chi connectivity index (χ1v) is 7.09. The second kappa shape index (κ2) is 6.51. The quantitative estimate of drug-likeness (QED) is 0.782. The average molecular weight is 315 g/mol. The van der Waals surface area contributed by atoms with E-state index in [1.165, 1.54) is 12.1 Å². The first kappa shape index (κ1) is 15.1. The van der Waals surface area contributed by atoms with Crippen LogP contribution in [0.25, 0.3) is 5.82 Å². The fourth-order valence-electron chi connectivity index (χ4n) is 2.06. The van der Waals surface area contributed by atoms with Crippen LogP contribution in [0.4, 0.5) is 14.6 Å². The van der Waals surface area contributed by atoms with E-state index in [2.05, 4.69) is 20.6 Å². The van der Waals surface area contributed by atoms with Crippen molar-refractivity contribution in [2.45, 2.75) is 19.9 Å². The van der Waals surface area contributed by atoms with Gasteiger partial charge in [-0.2, -0.15) is 5.10 Å². The summed E-state index contributed by atoms with van der Waals surface area (Å²) < 4.78 is 26.6. The van der Waals surface area contributed by atoms with Crippen LogP contribution in [-0.4, -0.2) is 20.0 Å². The highest BCUT2D eigenvalue weighted by atomic mass is 19.3. The Balaban J connectivity index is 1.62. The molecule has 7 heteroatoms. The molecule has 5 nitrogen and oxygen atoms in total. The molecule has 1 aromatic carbocycles. The standard InChI is InChI=1S/C16H15F2N5/c1-11-8-9-23(22-11)15-7-6-14(20-21-15)19-10-12-2-4-13(5-3-12)16(17)18/h2-9,16H,10H2,1H3,(H,19,20). The molecule has 0 saturated heterocycles. The zero-order valence-corrected chi connectivity index (χ0v) is 12.4. The molecule has 0 aliphatic carbocycles. The van der Waals surface area contributed by atoms with Gasteiger partial charge >= 0.3 is 0 Å². The van der Waals surface area contributed by atoms with Gasteiger partial charge in [0.1, 0.15) is 5.82 Å². The van der Waals surface area contributed by atoms with E-state index in [0.717, 1.165) is 11.3 Å². The largest absolute Gasteiger partial charge is 0.365 e. The van der Waals surface area contributed by atoms with Crippen molar-refractivity contribution >= 4 is 5.82 Å².